The maximum atomic E-state index is 13.9. The lowest BCUT2D eigenvalue weighted by Gasteiger charge is -2.32. The molecule has 4 heteroatoms. The van der Waals surface area contributed by atoms with Crippen LogP contribution in [0.25, 0.3) is 0 Å². The quantitative estimate of drug-likeness (QED) is 0.751. The van der Waals surface area contributed by atoms with Crippen molar-refractivity contribution in [1.29, 1.82) is 5.26 Å². The smallest absolute Gasteiger partial charge is 0.132 e. The molecule has 0 spiro atoms. The molecule has 1 aliphatic rings. The van der Waals surface area contributed by atoms with Crippen molar-refractivity contribution in [3.63, 3.8) is 0 Å². The molecule has 0 unspecified atom stereocenters. The van der Waals surface area contributed by atoms with Crippen molar-refractivity contribution in [3.8, 4) is 6.07 Å². The fourth-order valence-electron chi connectivity index (χ4n) is 2.57. The molecule has 17 heavy (non-hydrogen) atoms. The molecule has 0 aromatic heterocycles. The van der Waals surface area contributed by atoms with Gasteiger partial charge >= 0.3 is 0 Å². The first-order chi connectivity index (χ1) is 8.09. The average Bonchev–Trinajstić information content (AvgIpc) is 2.28. The zero-order valence-corrected chi connectivity index (χ0v) is 10.9. The molecule has 1 saturated carbocycles. The number of rotatable bonds is 1. The molecule has 0 N–H and O–H groups in total. The van der Waals surface area contributed by atoms with Crippen LogP contribution < -0.4 is 0 Å². The first kappa shape index (κ1) is 12.5. The second kappa shape index (κ2) is 4.73. The molecule has 0 radical (unpaired) electrons. The number of nitrogens with zero attached hydrogens (tertiary/aromatic N) is 1. The highest BCUT2D eigenvalue weighted by molar-refractivity contribution is 9.10. The fourth-order valence-corrected chi connectivity index (χ4v) is 3.36. The van der Waals surface area contributed by atoms with Gasteiger partial charge < -0.3 is 0 Å². The fraction of sp³-hybridized carbons (Fsp3) is 0.462. The second-order valence-electron chi connectivity index (χ2n) is 4.50. The number of nitriles is 1. The molecule has 0 atom stereocenters. The standard InChI is InChI=1S/C13H12BrF2N/c14-10-6-9(15)7-11(16)12(10)13(8-17)4-2-1-3-5-13/h6-7H,1-5H2. The normalized spacial score (nSPS) is 18.7. The SMILES string of the molecule is N#CC1(c2c(F)cc(F)cc2Br)CCCCC1. The van der Waals surface area contributed by atoms with Crippen LogP contribution in [0.4, 0.5) is 8.78 Å². The maximum Gasteiger partial charge on any atom is 0.132 e. The number of hydrogen-bond donors (Lipinski definition) is 0. The van der Waals surface area contributed by atoms with E-state index >= 15 is 0 Å². The summed E-state index contributed by atoms with van der Waals surface area (Å²) in [5, 5.41) is 9.38. The Hall–Kier alpha value is -0.950. The molecule has 0 aliphatic heterocycles. The predicted molar refractivity (Wildman–Crippen MR) is 64.4 cm³/mol. The van der Waals surface area contributed by atoms with E-state index in [1.165, 1.54) is 6.07 Å². The second-order valence-corrected chi connectivity index (χ2v) is 5.35. The first-order valence-electron chi connectivity index (χ1n) is 5.65. The van der Waals surface area contributed by atoms with E-state index in [2.05, 4.69) is 22.0 Å². The van der Waals surface area contributed by atoms with Crippen LogP contribution in [0, 0.1) is 23.0 Å². The highest BCUT2D eigenvalue weighted by atomic mass is 79.9. The topological polar surface area (TPSA) is 23.8 Å². The average molecular weight is 300 g/mol. The lowest BCUT2D eigenvalue weighted by molar-refractivity contribution is 0.352. The summed E-state index contributed by atoms with van der Waals surface area (Å²) in [6.45, 7) is 0. The van der Waals surface area contributed by atoms with Crippen LogP contribution in [0.1, 0.15) is 37.7 Å². The Morgan fingerprint density at radius 1 is 1.18 bits per heavy atom. The summed E-state index contributed by atoms with van der Waals surface area (Å²) < 4.78 is 27.3. The highest BCUT2D eigenvalue weighted by Gasteiger charge is 2.38. The van der Waals surface area contributed by atoms with Gasteiger partial charge in [0.2, 0.25) is 0 Å². The Kier molecular flexibility index (Phi) is 3.48. The molecule has 2 rings (SSSR count). The molecular formula is C13H12BrF2N. The van der Waals surface area contributed by atoms with E-state index < -0.39 is 17.0 Å². The van der Waals surface area contributed by atoms with Crippen LogP contribution in [0.5, 0.6) is 0 Å². The molecule has 0 amide bonds. The van der Waals surface area contributed by atoms with Crippen LogP contribution in [0.2, 0.25) is 0 Å². The molecule has 0 saturated heterocycles. The third kappa shape index (κ3) is 2.21. The molecule has 1 nitrogen and oxygen atoms in total. The van der Waals surface area contributed by atoms with E-state index in [4.69, 9.17) is 0 Å². The molecular weight excluding hydrogens is 288 g/mol. The van der Waals surface area contributed by atoms with E-state index in [1.807, 2.05) is 0 Å². The molecule has 1 aromatic rings. The van der Waals surface area contributed by atoms with Gasteiger partial charge in [-0.05, 0) is 18.9 Å². The van der Waals surface area contributed by atoms with Crippen molar-refractivity contribution in [2.75, 3.05) is 0 Å². The molecule has 90 valence electrons. The van der Waals surface area contributed by atoms with Gasteiger partial charge in [0.1, 0.15) is 11.6 Å². The monoisotopic (exact) mass is 299 g/mol. The van der Waals surface area contributed by atoms with Gasteiger partial charge in [0.25, 0.3) is 0 Å². The van der Waals surface area contributed by atoms with Gasteiger partial charge in [-0.1, -0.05) is 35.2 Å². The third-order valence-electron chi connectivity index (χ3n) is 3.41. The highest BCUT2D eigenvalue weighted by Crippen LogP contribution is 2.43. The largest absolute Gasteiger partial charge is 0.207 e. The lowest BCUT2D eigenvalue weighted by atomic mass is 9.70. The van der Waals surface area contributed by atoms with Crippen molar-refractivity contribution >= 4 is 15.9 Å². The molecule has 0 bridgehead atoms. The lowest BCUT2D eigenvalue weighted by Crippen LogP contribution is -2.29. The summed E-state index contributed by atoms with van der Waals surface area (Å²) in [7, 11) is 0. The third-order valence-corrected chi connectivity index (χ3v) is 4.03. The summed E-state index contributed by atoms with van der Waals surface area (Å²) in [4.78, 5) is 0. The van der Waals surface area contributed by atoms with Gasteiger partial charge in [0.15, 0.2) is 0 Å². The van der Waals surface area contributed by atoms with Crippen LogP contribution in [0.15, 0.2) is 16.6 Å². The number of benzene rings is 1. The number of halogens is 3. The van der Waals surface area contributed by atoms with Gasteiger partial charge in [-0.2, -0.15) is 5.26 Å². The van der Waals surface area contributed by atoms with Gasteiger partial charge in [-0.3, -0.25) is 0 Å². The van der Waals surface area contributed by atoms with Crippen molar-refractivity contribution in [3.05, 3.63) is 33.8 Å². The van der Waals surface area contributed by atoms with E-state index in [0.29, 0.717) is 22.9 Å². The van der Waals surface area contributed by atoms with Gasteiger partial charge in [0.05, 0.1) is 11.5 Å². The zero-order valence-electron chi connectivity index (χ0n) is 9.27. The van der Waals surface area contributed by atoms with Crippen molar-refractivity contribution < 1.29 is 8.78 Å². The maximum absolute atomic E-state index is 13.9. The summed E-state index contributed by atoms with van der Waals surface area (Å²) in [5.41, 5.74) is -0.476. The Morgan fingerprint density at radius 3 is 2.35 bits per heavy atom. The zero-order chi connectivity index (χ0) is 12.5. The van der Waals surface area contributed by atoms with Crippen LogP contribution >= 0.6 is 15.9 Å². The van der Waals surface area contributed by atoms with Crippen molar-refractivity contribution in [2.45, 2.75) is 37.5 Å². The summed E-state index contributed by atoms with van der Waals surface area (Å²) in [5.74, 6) is -1.25. The molecule has 1 fully saturated rings. The summed E-state index contributed by atoms with van der Waals surface area (Å²) in [6.07, 6.45) is 4.19. The van der Waals surface area contributed by atoms with E-state index in [0.717, 1.165) is 25.3 Å². The Bertz CT molecular complexity index is 450. The van der Waals surface area contributed by atoms with Crippen LogP contribution in [-0.4, -0.2) is 0 Å². The molecule has 1 aliphatic carbocycles. The minimum Gasteiger partial charge on any atom is -0.207 e. The number of hydrogen-bond acceptors (Lipinski definition) is 1. The molecule has 1 aromatic carbocycles. The van der Waals surface area contributed by atoms with Crippen molar-refractivity contribution in [1.82, 2.24) is 0 Å². The van der Waals surface area contributed by atoms with Gasteiger partial charge in [-0.25, -0.2) is 8.78 Å². The molecule has 0 heterocycles. The Morgan fingerprint density at radius 2 is 1.82 bits per heavy atom. The van der Waals surface area contributed by atoms with Gasteiger partial charge in [0, 0.05) is 16.1 Å². The Labute approximate surface area is 108 Å². The first-order valence-corrected chi connectivity index (χ1v) is 6.45. The van der Waals surface area contributed by atoms with Gasteiger partial charge in [-0.15, -0.1) is 0 Å². The summed E-state index contributed by atoms with van der Waals surface area (Å²) >= 11 is 3.18. The Balaban J connectivity index is 2.55. The predicted octanol–water partition coefficient (Wildman–Crippen LogP) is 4.45. The van der Waals surface area contributed by atoms with E-state index in [1.54, 1.807) is 0 Å². The summed E-state index contributed by atoms with van der Waals surface area (Å²) in [6, 6.07) is 4.33. The minimum atomic E-state index is -0.797. The van der Waals surface area contributed by atoms with E-state index in [-0.39, 0.29) is 0 Å². The van der Waals surface area contributed by atoms with Crippen LogP contribution in [0.3, 0.4) is 0 Å². The van der Waals surface area contributed by atoms with E-state index in [9.17, 15) is 14.0 Å². The minimum absolute atomic E-state index is 0.320. The van der Waals surface area contributed by atoms with Crippen molar-refractivity contribution in [2.24, 2.45) is 0 Å². The van der Waals surface area contributed by atoms with Crippen LogP contribution in [-0.2, 0) is 5.41 Å².